The lowest BCUT2D eigenvalue weighted by Crippen LogP contribution is -2.41. The van der Waals surface area contributed by atoms with Crippen LogP contribution in [0.3, 0.4) is 0 Å². The molecule has 1 atom stereocenters. The van der Waals surface area contributed by atoms with Gasteiger partial charge in [0.2, 0.25) is 5.91 Å². The smallest absolute Gasteiger partial charge is 0.251 e. The Hall–Kier alpha value is -2.25. The number of carbonyl (C=O) groups excluding carboxylic acids is 2. The van der Waals surface area contributed by atoms with E-state index in [2.05, 4.69) is 21.6 Å². The van der Waals surface area contributed by atoms with Gasteiger partial charge >= 0.3 is 0 Å². The van der Waals surface area contributed by atoms with Crippen LogP contribution in [0, 0.1) is 5.82 Å². The van der Waals surface area contributed by atoms with E-state index in [0.29, 0.717) is 12.1 Å². The number of hydrogen-bond donors (Lipinski definition) is 2. The molecule has 1 aliphatic rings. The lowest BCUT2D eigenvalue weighted by molar-refractivity contribution is -0.120. The number of hydrogen-bond acceptors (Lipinski definition) is 4. The van der Waals surface area contributed by atoms with Crippen LogP contribution in [0.15, 0.2) is 41.8 Å². The van der Waals surface area contributed by atoms with E-state index in [1.807, 2.05) is 11.4 Å². The molecule has 0 bridgehead atoms. The molecule has 2 N–H and O–H groups in total. The topological polar surface area (TPSA) is 61.4 Å². The zero-order chi connectivity index (χ0) is 18.4. The quantitative estimate of drug-likeness (QED) is 0.782. The molecule has 0 saturated carbocycles. The third-order valence-corrected chi connectivity index (χ3v) is 5.44. The summed E-state index contributed by atoms with van der Waals surface area (Å²) >= 11 is 1.69. The van der Waals surface area contributed by atoms with Crippen molar-refractivity contribution in [1.82, 2.24) is 15.5 Å². The number of amides is 2. The summed E-state index contributed by atoms with van der Waals surface area (Å²) in [5.74, 6) is -1.03. The molecule has 1 fully saturated rings. The van der Waals surface area contributed by atoms with Crippen LogP contribution in [-0.4, -0.2) is 42.9 Å². The van der Waals surface area contributed by atoms with E-state index < -0.39 is 11.7 Å². The summed E-state index contributed by atoms with van der Waals surface area (Å²) in [7, 11) is 0. The van der Waals surface area contributed by atoms with Crippen LogP contribution in [0.25, 0.3) is 0 Å². The molecule has 0 aliphatic carbocycles. The van der Waals surface area contributed by atoms with E-state index in [1.165, 1.54) is 42.0 Å². The maximum atomic E-state index is 12.9. The summed E-state index contributed by atoms with van der Waals surface area (Å²) in [6, 6.07) is 9.51. The van der Waals surface area contributed by atoms with Crippen molar-refractivity contribution in [3.05, 3.63) is 58.0 Å². The van der Waals surface area contributed by atoms with E-state index in [-0.39, 0.29) is 18.5 Å². The van der Waals surface area contributed by atoms with Gasteiger partial charge in [-0.2, -0.15) is 0 Å². The molecule has 2 amide bonds. The van der Waals surface area contributed by atoms with E-state index in [9.17, 15) is 14.0 Å². The molecule has 138 valence electrons. The second-order valence-corrected chi connectivity index (χ2v) is 7.25. The fraction of sp³-hybridized carbons (Fsp3) is 0.368. The summed E-state index contributed by atoms with van der Waals surface area (Å²) in [5.41, 5.74) is 0.327. The van der Waals surface area contributed by atoms with Crippen molar-refractivity contribution < 1.29 is 14.0 Å². The molecular weight excluding hydrogens is 353 g/mol. The molecule has 1 aliphatic heterocycles. The predicted molar refractivity (Wildman–Crippen MR) is 99.6 cm³/mol. The predicted octanol–water partition coefficient (Wildman–Crippen LogP) is 2.57. The average Bonchev–Trinajstić information content (AvgIpc) is 3.35. The van der Waals surface area contributed by atoms with Crippen LogP contribution in [0.1, 0.15) is 34.1 Å². The Labute approximate surface area is 156 Å². The first kappa shape index (κ1) is 18.5. The number of carbonyl (C=O) groups is 2. The summed E-state index contributed by atoms with van der Waals surface area (Å²) in [6.45, 7) is 2.50. The number of rotatable bonds is 7. The van der Waals surface area contributed by atoms with Crippen molar-refractivity contribution in [3.63, 3.8) is 0 Å². The first-order valence-corrected chi connectivity index (χ1v) is 9.59. The van der Waals surface area contributed by atoms with Gasteiger partial charge < -0.3 is 10.6 Å². The second-order valence-electron chi connectivity index (χ2n) is 6.27. The Balaban J connectivity index is 1.49. The standard InChI is InChI=1S/C19H22FN3O2S/c20-15-7-5-14(6-8-15)19(25)22-13-18(24)21-12-16(17-4-3-11-26-17)23-9-1-2-10-23/h3-8,11,16H,1-2,9-10,12-13H2,(H,21,24)(H,22,25). The third kappa shape index (κ3) is 4.89. The van der Waals surface area contributed by atoms with Crippen molar-refractivity contribution in [2.75, 3.05) is 26.2 Å². The maximum Gasteiger partial charge on any atom is 0.251 e. The van der Waals surface area contributed by atoms with Crippen molar-refractivity contribution in [1.29, 1.82) is 0 Å². The number of halogens is 1. The maximum absolute atomic E-state index is 12.9. The molecule has 7 heteroatoms. The molecule has 0 spiro atoms. The molecule has 5 nitrogen and oxygen atoms in total. The zero-order valence-electron chi connectivity index (χ0n) is 14.4. The van der Waals surface area contributed by atoms with Gasteiger partial charge in [0.05, 0.1) is 12.6 Å². The van der Waals surface area contributed by atoms with Gasteiger partial charge in [0, 0.05) is 17.0 Å². The summed E-state index contributed by atoms with van der Waals surface area (Å²) in [5, 5.41) is 7.52. The first-order valence-electron chi connectivity index (χ1n) is 8.71. The summed E-state index contributed by atoms with van der Waals surface area (Å²) < 4.78 is 12.9. The lowest BCUT2D eigenvalue weighted by atomic mass is 10.2. The van der Waals surface area contributed by atoms with E-state index in [0.717, 1.165) is 13.1 Å². The van der Waals surface area contributed by atoms with E-state index in [4.69, 9.17) is 0 Å². The van der Waals surface area contributed by atoms with Gasteiger partial charge in [-0.25, -0.2) is 4.39 Å². The highest BCUT2D eigenvalue weighted by Crippen LogP contribution is 2.27. The monoisotopic (exact) mass is 375 g/mol. The SMILES string of the molecule is O=C(CNC(=O)c1ccc(F)cc1)NCC(c1cccs1)N1CCCC1. The molecule has 26 heavy (non-hydrogen) atoms. The Bertz CT molecular complexity index is 728. The highest BCUT2D eigenvalue weighted by atomic mass is 32.1. The molecule has 1 aromatic carbocycles. The average molecular weight is 375 g/mol. The van der Waals surface area contributed by atoms with Gasteiger partial charge in [-0.1, -0.05) is 6.07 Å². The van der Waals surface area contributed by atoms with Crippen LogP contribution in [0.2, 0.25) is 0 Å². The number of likely N-dealkylation sites (tertiary alicyclic amines) is 1. The number of nitrogens with zero attached hydrogens (tertiary/aromatic N) is 1. The molecule has 2 aromatic rings. The normalized spacial score (nSPS) is 15.6. The van der Waals surface area contributed by atoms with Crippen LogP contribution < -0.4 is 10.6 Å². The van der Waals surface area contributed by atoms with Crippen LogP contribution in [0.4, 0.5) is 4.39 Å². The van der Waals surface area contributed by atoms with Crippen molar-refractivity contribution in [3.8, 4) is 0 Å². The number of thiophene rings is 1. The van der Waals surface area contributed by atoms with Crippen molar-refractivity contribution >= 4 is 23.2 Å². The molecule has 1 saturated heterocycles. The van der Waals surface area contributed by atoms with Gasteiger partial charge in [-0.05, 0) is 61.6 Å². The Morgan fingerprint density at radius 2 is 1.85 bits per heavy atom. The zero-order valence-corrected chi connectivity index (χ0v) is 15.2. The molecule has 1 aromatic heterocycles. The van der Waals surface area contributed by atoms with E-state index >= 15 is 0 Å². The molecule has 0 radical (unpaired) electrons. The molecule has 1 unspecified atom stereocenters. The fourth-order valence-electron chi connectivity index (χ4n) is 3.08. The lowest BCUT2D eigenvalue weighted by Gasteiger charge is -2.26. The Morgan fingerprint density at radius 3 is 2.50 bits per heavy atom. The van der Waals surface area contributed by atoms with Gasteiger partial charge in [-0.3, -0.25) is 14.5 Å². The van der Waals surface area contributed by atoms with Crippen molar-refractivity contribution in [2.24, 2.45) is 0 Å². The summed E-state index contributed by atoms with van der Waals surface area (Å²) in [4.78, 5) is 27.7. The van der Waals surface area contributed by atoms with Crippen LogP contribution >= 0.6 is 11.3 Å². The minimum Gasteiger partial charge on any atom is -0.353 e. The fourth-order valence-corrected chi connectivity index (χ4v) is 3.94. The van der Waals surface area contributed by atoms with Crippen LogP contribution in [-0.2, 0) is 4.79 Å². The number of benzene rings is 1. The highest BCUT2D eigenvalue weighted by Gasteiger charge is 2.24. The van der Waals surface area contributed by atoms with Crippen LogP contribution in [0.5, 0.6) is 0 Å². The Morgan fingerprint density at radius 1 is 1.12 bits per heavy atom. The van der Waals surface area contributed by atoms with E-state index in [1.54, 1.807) is 11.3 Å². The largest absolute Gasteiger partial charge is 0.353 e. The highest BCUT2D eigenvalue weighted by molar-refractivity contribution is 7.10. The third-order valence-electron chi connectivity index (χ3n) is 4.46. The van der Waals surface area contributed by atoms with Gasteiger partial charge in [0.15, 0.2) is 0 Å². The van der Waals surface area contributed by atoms with Gasteiger partial charge in [0.25, 0.3) is 5.91 Å². The molecule has 3 rings (SSSR count). The number of nitrogens with one attached hydrogen (secondary N) is 2. The minimum atomic E-state index is -0.402. The summed E-state index contributed by atoms with van der Waals surface area (Å²) in [6.07, 6.45) is 2.37. The van der Waals surface area contributed by atoms with Gasteiger partial charge in [-0.15, -0.1) is 11.3 Å². The minimum absolute atomic E-state index is 0.104. The molecular formula is C19H22FN3O2S. The van der Waals surface area contributed by atoms with Crippen molar-refractivity contribution in [2.45, 2.75) is 18.9 Å². The molecule has 2 heterocycles. The van der Waals surface area contributed by atoms with Gasteiger partial charge in [0.1, 0.15) is 5.82 Å². The Kier molecular flexibility index (Phi) is 6.35. The first-order chi connectivity index (χ1) is 12.6. The second kappa shape index (κ2) is 8.91.